The van der Waals surface area contributed by atoms with Crippen molar-refractivity contribution < 1.29 is 9.15 Å². The molecule has 2 fully saturated rings. The number of aromatic nitrogens is 2. The zero-order chi connectivity index (χ0) is 14.2. The molecule has 6 heteroatoms. The van der Waals surface area contributed by atoms with E-state index >= 15 is 0 Å². The van der Waals surface area contributed by atoms with Crippen LogP contribution in [0.3, 0.4) is 0 Å². The van der Waals surface area contributed by atoms with Gasteiger partial charge in [0.05, 0.1) is 6.10 Å². The van der Waals surface area contributed by atoms with E-state index in [1.807, 2.05) is 18.3 Å². The number of hydrogen-bond acceptors (Lipinski definition) is 6. The fraction of sp³-hybridized carbons (Fsp3) is 0.600. The van der Waals surface area contributed by atoms with Crippen molar-refractivity contribution in [3.63, 3.8) is 0 Å². The molecule has 0 saturated carbocycles. The molecule has 5 nitrogen and oxygen atoms in total. The van der Waals surface area contributed by atoms with Gasteiger partial charge in [-0.1, -0.05) is 6.07 Å². The fourth-order valence-corrected chi connectivity index (χ4v) is 4.17. The Kier molecular flexibility index (Phi) is 3.52. The molecule has 0 aliphatic carbocycles. The number of likely N-dealkylation sites (tertiary alicyclic amines) is 1. The van der Waals surface area contributed by atoms with E-state index in [-0.39, 0.29) is 6.10 Å². The van der Waals surface area contributed by atoms with Crippen molar-refractivity contribution in [1.82, 2.24) is 15.1 Å². The summed E-state index contributed by atoms with van der Waals surface area (Å²) in [5, 5.41) is 10.2. The standard InChI is InChI=1S/C15H19N3O2S/c1-10-16-17-15(19-10)14-5-4-12-13(20-14)6-7-18(12)9-11-3-2-8-21-11/h2-3,8,12-14H,4-7,9H2,1H3/t12-,13-,14+/m1/s1. The summed E-state index contributed by atoms with van der Waals surface area (Å²) >= 11 is 1.83. The Hall–Kier alpha value is -1.24. The minimum absolute atomic E-state index is 0.0193. The molecule has 4 rings (SSSR count). The molecule has 112 valence electrons. The number of fused-ring (bicyclic) bond motifs is 1. The van der Waals surface area contributed by atoms with Crippen LogP contribution in [0.25, 0.3) is 0 Å². The highest BCUT2D eigenvalue weighted by atomic mass is 32.1. The van der Waals surface area contributed by atoms with Gasteiger partial charge in [0.2, 0.25) is 11.8 Å². The summed E-state index contributed by atoms with van der Waals surface area (Å²) in [5.74, 6) is 1.25. The highest BCUT2D eigenvalue weighted by Crippen LogP contribution is 2.38. The first-order chi connectivity index (χ1) is 10.3. The predicted molar refractivity (Wildman–Crippen MR) is 79.0 cm³/mol. The van der Waals surface area contributed by atoms with Crippen molar-refractivity contribution >= 4 is 11.3 Å². The van der Waals surface area contributed by atoms with Crippen LogP contribution in [0.2, 0.25) is 0 Å². The van der Waals surface area contributed by atoms with Gasteiger partial charge in [-0.05, 0) is 30.7 Å². The molecular weight excluding hydrogens is 286 g/mol. The zero-order valence-electron chi connectivity index (χ0n) is 12.1. The number of aryl methyl sites for hydroxylation is 1. The van der Waals surface area contributed by atoms with Crippen LogP contribution in [0.1, 0.15) is 42.0 Å². The van der Waals surface area contributed by atoms with E-state index in [1.54, 1.807) is 0 Å². The van der Waals surface area contributed by atoms with Gasteiger partial charge in [-0.15, -0.1) is 21.5 Å². The number of thiophene rings is 1. The lowest BCUT2D eigenvalue weighted by atomic mass is 9.99. The molecule has 0 amide bonds. The highest BCUT2D eigenvalue weighted by molar-refractivity contribution is 7.09. The molecule has 3 atom stereocenters. The molecule has 2 aromatic heterocycles. The smallest absolute Gasteiger partial charge is 0.245 e. The normalized spacial score (nSPS) is 29.7. The number of nitrogens with zero attached hydrogens (tertiary/aromatic N) is 3. The quantitative estimate of drug-likeness (QED) is 0.872. The summed E-state index contributed by atoms with van der Waals surface area (Å²) in [7, 11) is 0. The van der Waals surface area contributed by atoms with Gasteiger partial charge < -0.3 is 9.15 Å². The SMILES string of the molecule is Cc1nnc([C@@H]2CC[C@@H]3[C@@H](CCN3Cc3cccs3)O2)o1. The van der Waals surface area contributed by atoms with Gasteiger partial charge >= 0.3 is 0 Å². The lowest BCUT2D eigenvalue weighted by Crippen LogP contribution is -2.40. The Morgan fingerprint density at radius 1 is 1.33 bits per heavy atom. The summed E-state index contributed by atoms with van der Waals surface area (Å²) in [6.45, 7) is 3.98. The maximum absolute atomic E-state index is 6.22. The summed E-state index contributed by atoms with van der Waals surface area (Å²) < 4.78 is 11.7. The molecule has 0 unspecified atom stereocenters. The van der Waals surface area contributed by atoms with Crippen LogP contribution in [0.5, 0.6) is 0 Å². The molecule has 2 aromatic rings. The first-order valence-electron chi connectivity index (χ1n) is 7.51. The van der Waals surface area contributed by atoms with Crippen molar-refractivity contribution in [2.24, 2.45) is 0 Å². The van der Waals surface area contributed by atoms with Crippen LogP contribution in [0.4, 0.5) is 0 Å². The van der Waals surface area contributed by atoms with Crippen LogP contribution in [-0.2, 0) is 11.3 Å². The molecule has 21 heavy (non-hydrogen) atoms. The third-order valence-electron chi connectivity index (χ3n) is 4.42. The Balaban J connectivity index is 1.42. The molecule has 0 bridgehead atoms. The second kappa shape index (κ2) is 5.51. The van der Waals surface area contributed by atoms with Crippen molar-refractivity contribution in [3.05, 3.63) is 34.2 Å². The third kappa shape index (κ3) is 2.63. The van der Waals surface area contributed by atoms with E-state index in [2.05, 4.69) is 32.6 Å². The maximum atomic E-state index is 6.22. The maximum Gasteiger partial charge on any atom is 0.245 e. The van der Waals surface area contributed by atoms with Crippen molar-refractivity contribution in [2.45, 2.75) is 51.0 Å². The number of hydrogen-bond donors (Lipinski definition) is 0. The highest BCUT2D eigenvalue weighted by Gasteiger charge is 2.41. The molecule has 0 radical (unpaired) electrons. The van der Waals surface area contributed by atoms with Crippen molar-refractivity contribution in [3.8, 4) is 0 Å². The van der Waals surface area contributed by atoms with E-state index in [9.17, 15) is 0 Å². The van der Waals surface area contributed by atoms with Gasteiger partial charge in [0.15, 0.2) is 0 Å². The molecule has 4 heterocycles. The van der Waals surface area contributed by atoms with E-state index < -0.39 is 0 Å². The summed E-state index contributed by atoms with van der Waals surface area (Å²) in [4.78, 5) is 4.00. The van der Waals surface area contributed by atoms with E-state index in [0.717, 1.165) is 32.4 Å². The van der Waals surface area contributed by atoms with Gasteiger partial charge in [0.1, 0.15) is 6.10 Å². The zero-order valence-corrected chi connectivity index (χ0v) is 12.9. The lowest BCUT2D eigenvalue weighted by molar-refractivity contribution is -0.0817. The predicted octanol–water partition coefficient (Wildman–Crippen LogP) is 2.93. The summed E-state index contributed by atoms with van der Waals surface area (Å²) in [6, 6.07) is 4.87. The second-order valence-electron chi connectivity index (χ2n) is 5.81. The van der Waals surface area contributed by atoms with Crippen LogP contribution < -0.4 is 0 Å². The second-order valence-corrected chi connectivity index (χ2v) is 6.84. The molecule has 2 aliphatic rings. The molecule has 0 N–H and O–H groups in total. The Labute approximate surface area is 127 Å². The lowest BCUT2D eigenvalue weighted by Gasteiger charge is -2.34. The minimum atomic E-state index is -0.0193. The van der Waals surface area contributed by atoms with Gasteiger partial charge in [-0.2, -0.15) is 0 Å². The van der Waals surface area contributed by atoms with Crippen molar-refractivity contribution in [1.29, 1.82) is 0 Å². The van der Waals surface area contributed by atoms with E-state index in [1.165, 1.54) is 4.88 Å². The molecule has 0 aromatic carbocycles. The summed E-state index contributed by atoms with van der Waals surface area (Å²) in [5.41, 5.74) is 0. The van der Waals surface area contributed by atoms with Crippen LogP contribution in [0.15, 0.2) is 21.9 Å². The summed E-state index contributed by atoms with van der Waals surface area (Å²) in [6.07, 6.45) is 3.48. The molecular formula is C15H19N3O2S. The first kappa shape index (κ1) is 13.4. The topological polar surface area (TPSA) is 51.4 Å². The van der Waals surface area contributed by atoms with Crippen LogP contribution in [-0.4, -0.2) is 33.8 Å². The van der Waals surface area contributed by atoms with Gasteiger partial charge in [0.25, 0.3) is 0 Å². The van der Waals surface area contributed by atoms with Gasteiger partial charge in [-0.3, -0.25) is 4.90 Å². The average molecular weight is 305 g/mol. The Bertz CT molecular complexity index is 598. The van der Waals surface area contributed by atoms with E-state index in [4.69, 9.17) is 9.15 Å². The molecule has 2 saturated heterocycles. The Morgan fingerprint density at radius 2 is 2.29 bits per heavy atom. The average Bonchev–Trinajstić information content (AvgIpc) is 3.21. The minimum Gasteiger partial charge on any atom is -0.423 e. The first-order valence-corrected chi connectivity index (χ1v) is 8.39. The van der Waals surface area contributed by atoms with Gasteiger partial charge in [0, 0.05) is 30.9 Å². The van der Waals surface area contributed by atoms with Crippen LogP contribution in [0, 0.1) is 6.92 Å². The molecule has 0 spiro atoms. The van der Waals surface area contributed by atoms with E-state index in [0.29, 0.717) is 23.9 Å². The van der Waals surface area contributed by atoms with Gasteiger partial charge in [-0.25, -0.2) is 0 Å². The van der Waals surface area contributed by atoms with Crippen LogP contribution >= 0.6 is 11.3 Å². The number of ether oxygens (including phenoxy) is 1. The molecule has 2 aliphatic heterocycles. The third-order valence-corrected chi connectivity index (χ3v) is 5.28. The number of rotatable bonds is 3. The largest absolute Gasteiger partial charge is 0.423 e. The fourth-order valence-electron chi connectivity index (χ4n) is 3.44. The Morgan fingerprint density at radius 3 is 3.05 bits per heavy atom. The van der Waals surface area contributed by atoms with Crippen molar-refractivity contribution in [2.75, 3.05) is 6.54 Å². The monoisotopic (exact) mass is 305 g/mol.